The quantitative estimate of drug-likeness (QED) is 0.290. The molecule has 0 saturated carbocycles. The van der Waals surface area contributed by atoms with E-state index < -0.39 is 0 Å². The van der Waals surface area contributed by atoms with Gasteiger partial charge in [0.25, 0.3) is 0 Å². The van der Waals surface area contributed by atoms with Crippen LogP contribution in [-0.2, 0) is 14.3 Å². The standard InChI is InChI=1S/C21H36N2O3/c1-16(2)8-9-17(3)7-6-13-26-14-11-22-19(5)10-12-23-20(24)15-18(4)21(23)25/h17-18,22H,1,5-15H2,2-4H3. The molecule has 0 spiro atoms. The van der Waals surface area contributed by atoms with E-state index in [-0.39, 0.29) is 17.7 Å². The van der Waals surface area contributed by atoms with Crippen LogP contribution in [0.25, 0.3) is 0 Å². The molecule has 0 radical (unpaired) electrons. The van der Waals surface area contributed by atoms with E-state index >= 15 is 0 Å². The summed E-state index contributed by atoms with van der Waals surface area (Å²) in [6.07, 6.45) is 5.50. The first-order chi connectivity index (χ1) is 12.3. The number of rotatable bonds is 14. The number of ether oxygens (including phenoxy) is 1. The molecule has 1 rings (SSSR count). The maximum absolute atomic E-state index is 11.8. The Kier molecular flexibility index (Phi) is 10.3. The molecule has 1 N–H and O–H groups in total. The summed E-state index contributed by atoms with van der Waals surface area (Å²) in [4.78, 5) is 24.9. The number of allylic oxidation sites excluding steroid dienone is 1. The molecule has 148 valence electrons. The zero-order valence-electron chi connectivity index (χ0n) is 16.8. The van der Waals surface area contributed by atoms with E-state index in [2.05, 4.69) is 32.3 Å². The van der Waals surface area contributed by atoms with Crippen LogP contribution < -0.4 is 5.32 Å². The number of likely N-dealkylation sites (tertiary alicyclic amines) is 1. The zero-order chi connectivity index (χ0) is 19.5. The second kappa shape index (κ2) is 11.9. The van der Waals surface area contributed by atoms with Gasteiger partial charge in [-0.25, -0.2) is 0 Å². The van der Waals surface area contributed by atoms with Crippen LogP contribution in [0.2, 0.25) is 0 Å². The fourth-order valence-corrected chi connectivity index (χ4v) is 2.99. The summed E-state index contributed by atoms with van der Waals surface area (Å²) < 4.78 is 5.65. The largest absolute Gasteiger partial charge is 0.386 e. The van der Waals surface area contributed by atoms with Crippen LogP contribution in [0.3, 0.4) is 0 Å². The topological polar surface area (TPSA) is 58.6 Å². The minimum Gasteiger partial charge on any atom is -0.386 e. The molecule has 2 amide bonds. The number of carbonyl (C=O) groups is 2. The summed E-state index contributed by atoms with van der Waals surface area (Å²) in [6.45, 7) is 16.6. The van der Waals surface area contributed by atoms with Crippen molar-refractivity contribution in [2.24, 2.45) is 11.8 Å². The van der Waals surface area contributed by atoms with Gasteiger partial charge in [-0.3, -0.25) is 14.5 Å². The van der Waals surface area contributed by atoms with Crippen LogP contribution in [0.15, 0.2) is 24.4 Å². The predicted octanol–water partition coefficient (Wildman–Crippen LogP) is 3.66. The molecule has 2 unspecified atom stereocenters. The van der Waals surface area contributed by atoms with Gasteiger partial charge in [0.05, 0.1) is 6.61 Å². The molecular formula is C21H36N2O3. The summed E-state index contributed by atoms with van der Waals surface area (Å²) in [5, 5.41) is 3.20. The van der Waals surface area contributed by atoms with Gasteiger partial charge in [0.1, 0.15) is 0 Å². The Balaban J connectivity index is 1.99. The monoisotopic (exact) mass is 364 g/mol. The summed E-state index contributed by atoms with van der Waals surface area (Å²) in [5.74, 6) is 0.396. The highest BCUT2D eigenvalue weighted by molar-refractivity contribution is 6.03. The third kappa shape index (κ3) is 8.65. The van der Waals surface area contributed by atoms with Crippen LogP contribution in [0, 0.1) is 11.8 Å². The van der Waals surface area contributed by atoms with Gasteiger partial charge in [-0.05, 0) is 38.5 Å². The second-order valence-corrected chi connectivity index (χ2v) is 7.62. The molecular weight excluding hydrogens is 328 g/mol. The van der Waals surface area contributed by atoms with E-state index in [0.29, 0.717) is 38.5 Å². The molecule has 1 heterocycles. The van der Waals surface area contributed by atoms with Crippen molar-refractivity contribution in [2.75, 3.05) is 26.3 Å². The van der Waals surface area contributed by atoms with Crippen molar-refractivity contribution in [3.05, 3.63) is 24.4 Å². The van der Waals surface area contributed by atoms with E-state index in [1.54, 1.807) is 6.92 Å². The molecule has 2 atom stereocenters. The Bertz CT molecular complexity index is 501. The highest BCUT2D eigenvalue weighted by atomic mass is 16.5. The first kappa shape index (κ1) is 22.4. The molecule has 0 aliphatic carbocycles. The molecule has 0 bridgehead atoms. The minimum atomic E-state index is -0.180. The van der Waals surface area contributed by atoms with E-state index in [4.69, 9.17) is 4.74 Å². The fourth-order valence-electron chi connectivity index (χ4n) is 2.99. The Morgan fingerprint density at radius 2 is 2.00 bits per heavy atom. The van der Waals surface area contributed by atoms with Crippen molar-refractivity contribution in [3.63, 3.8) is 0 Å². The third-order valence-corrected chi connectivity index (χ3v) is 4.78. The van der Waals surface area contributed by atoms with Crippen molar-refractivity contribution in [1.29, 1.82) is 0 Å². The number of nitrogens with one attached hydrogen (secondary N) is 1. The van der Waals surface area contributed by atoms with Crippen molar-refractivity contribution < 1.29 is 14.3 Å². The molecule has 5 nitrogen and oxygen atoms in total. The van der Waals surface area contributed by atoms with Gasteiger partial charge < -0.3 is 10.1 Å². The molecule has 0 aromatic heterocycles. The number of nitrogens with zero attached hydrogens (tertiary/aromatic N) is 1. The molecule has 0 aromatic rings. The average molecular weight is 365 g/mol. The highest BCUT2D eigenvalue weighted by Crippen LogP contribution is 2.19. The van der Waals surface area contributed by atoms with Crippen molar-refractivity contribution in [3.8, 4) is 0 Å². The summed E-state index contributed by atoms with van der Waals surface area (Å²) in [5.41, 5.74) is 2.09. The van der Waals surface area contributed by atoms with Crippen molar-refractivity contribution >= 4 is 11.8 Å². The summed E-state index contributed by atoms with van der Waals surface area (Å²) >= 11 is 0. The Labute approximate surface area is 158 Å². The Morgan fingerprint density at radius 3 is 2.62 bits per heavy atom. The van der Waals surface area contributed by atoms with Gasteiger partial charge in [0, 0.05) is 44.2 Å². The maximum atomic E-state index is 11.8. The van der Waals surface area contributed by atoms with Crippen LogP contribution in [0.4, 0.5) is 0 Å². The van der Waals surface area contributed by atoms with Crippen LogP contribution in [0.1, 0.15) is 59.3 Å². The summed E-state index contributed by atoms with van der Waals surface area (Å²) in [6, 6.07) is 0. The van der Waals surface area contributed by atoms with Crippen LogP contribution in [-0.4, -0.2) is 43.0 Å². The second-order valence-electron chi connectivity index (χ2n) is 7.62. The van der Waals surface area contributed by atoms with Gasteiger partial charge in [0.15, 0.2) is 0 Å². The van der Waals surface area contributed by atoms with Gasteiger partial charge in [-0.2, -0.15) is 0 Å². The molecule has 5 heteroatoms. The van der Waals surface area contributed by atoms with Gasteiger partial charge in [-0.15, -0.1) is 6.58 Å². The van der Waals surface area contributed by atoms with Crippen LogP contribution >= 0.6 is 0 Å². The Hall–Kier alpha value is -1.62. The fraction of sp³-hybridized carbons (Fsp3) is 0.714. The van der Waals surface area contributed by atoms with Crippen LogP contribution in [0.5, 0.6) is 0 Å². The normalized spacial score (nSPS) is 18.3. The third-order valence-electron chi connectivity index (χ3n) is 4.78. The number of hydrogen-bond acceptors (Lipinski definition) is 4. The lowest BCUT2D eigenvalue weighted by molar-refractivity contribution is -0.139. The lowest BCUT2D eigenvalue weighted by Gasteiger charge is -2.16. The number of imide groups is 1. The van der Waals surface area contributed by atoms with E-state index in [1.165, 1.54) is 23.3 Å². The van der Waals surface area contributed by atoms with Gasteiger partial charge >= 0.3 is 0 Å². The smallest absolute Gasteiger partial charge is 0.232 e. The van der Waals surface area contributed by atoms with Gasteiger partial charge in [0.2, 0.25) is 11.8 Å². The molecule has 1 saturated heterocycles. The van der Waals surface area contributed by atoms with Crippen molar-refractivity contribution in [1.82, 2.24) is 10.2 Å². The van der Waals surface area contributed by atoms with E-state index in [0.717, 1.165) is 25.1 Å². The highest BCUT2D eigenvalue weighted by Gasteiger charge is 2.34. The molecule has 1 aliphatic heterocycles. The number of amides is 2. The first-order valence-corrected chi connectivity index (χ1v) is 9.79. The lowest BCUT2D eigenvalue weighted by atomic mass is 9.98. The number of hydrogen-bond donors (Lipinski definition) is 1. The average Bonchev–Trinajstić information content (AvgIpc) is 2.82. The summed E-state index contributed by atoms with van der Waals surface area (Å²) in [7, 11) is 0. The molecule has 1 fully saturated rings. The first-order valence-electron chi connectivity index (χ1n) is 9.79. The predicted molar refractivity (Wildman–Crippen MR) is 106 cm³/mol. The number of carbonyl (C=O) groups excluding carboxylic acids is 2. The van der Waals surface area contributed by atoms with Crippen molar-refractivity contribution in [2.45, 2.75) is 59.3 Å². The van der Waals surface area contributed by atoms with E-state index in [1.807, 2.05) is 0 Å². The Morgan fingerprint density at radius 1 is 1.27 bits per heavy atom. The maximum Gasteiger partial charge on any atom is 0.232 e. The SMILES string of the molecule is C=C(C)CCC(C)CCCOCCNC(=C)CCN1C(=O)CC(C)C1=O. The minimum absolute atomic E-state index is 0.0661. The molecule has 26 heavy (non-hydrogen) atoms. The zero-order valence-corrected chi connectivity index (χ0v) is 16.8. The molecule has 1 aliphatic rings. The molecule has 0 aromatic carbocycles. The van der Waals surface area contributed by atoms with E-state index in [9.17, 15) is 9.59 Å². The van der Waals surface area contributed by atoms with Gasteiger partial charge in [-0.1, -0.05) is 26.0 Å². The lowest BCUT2D eigenvalue weighted by Crippen LogP contribution is -2.32.